The Morgan fingerprint density at radius 3 is 2.21 bits per heavy atom. The first-order chi connectivity index (χ1) is 18.4. The van der Waals surface area contributed by atoms with Gasteiger partial charge in [-0.05, 0) is 72.8 Å². The third kappa shape index (κ3) is 6.98. The maximum Gasteiger partial charge on any atom is 0.291 e. The first-order valence-corrected chi connectivity index (χ1v) is 14.7. The van der Waals surface area contributed by atoms with Crippen molar-refractivity contribution in [2.45, 2.75) is 98.2 Å². The number of nitrogens with zero attached hydrogens (tertiary/aromatic N) is 2. The molecule has 1 amide bonds. The standard InChI is InChI=1S/C34H47N3O2/c1-32(2,3)20-18-29(27-14-12-26(24-38)13-15-27)37-31(39)30(35-23-19-25-10-8-7-9-11-25)36-34(37)21-16-28(17-22-34)33(4,5)6/h7-15,24,28-29H,16-23H2,1-6H3,(H,35,36). The summed E-state index contributed by atoms with van der Waals surface area (Å²) < 4.78 is 0. The van der Waals surface area contributed by atoms with Gasteiger partial charge in [0.05, 0.1) is 6.04 Å². The summed E-state index contributed by atoms with van der Waals surface area (Å²) in [4.78, 5) is 32.6. The highest BCUT2D eigenvalue weighted by molar-refractivity contribution is 6.40. The highest BCUT2D eigenvalue weighted by Crippen LogP contribution is 2.47. The summed E-state index contributed by atoms with van der Waals surface area (Å²) in [5, 5.41) is 3.70. The van der Waals surface area contributed by atoms with E-state index in [4.69, 9.17) is 4.99 Å². The first-order valence-electron chi connectivity index (χ1n) is 14.7. The van der Waals surface area contributed by atoms with Gasteiger partial charge in [-0.1, -0.05) is 96.1 Å². The van der Waals surface area contributed by atoms with Crippen LogP contribution in [0.5, 0.6) is 0 Å². The number of hydrogen-bond donors (Lipinski definition) is 1. The van der Waals surface area contributed by atoms with Gasteiger partial charge < -0.3 is 10.2 Å². The molecule has 5 heteroatoms. The molecule has 1 aliphatic carbocycles. The van der Waals surface area contributed by atoms with Crippen molar-refractivity contribution in [2.75, 3.05) is 6.54 Å². The second-order valence-corrected chi connectivity index (χ2v) is 13.8. The largest absolute Gasteiger partial charge is 0.343 e. The average molecular weight is 530 g/mol. The van der Waals surface area contributed by atoms with E-state index in [1.165, 1.54) is 5.56 Å². The average Bonchev–Trinajstić information content (AvgIpc) is 3.15. The maximum atomic E-state index is 14.2. The van der Waals surface area contributed by atoms with Crippen molar-refractivity contribution < 1.29 is 9.59 Å². The maximum absolute atomic E-state index is 14.2. The number of aldehydes is 1. The smallest absolute Gasteiger partial charge is 0.291 e. The number of nitrogens with one attached hydrogen (secondary N) is 1. The van der Waals surface area contributed by atoms with Crippen LogP contribution >= 0.6 is 0 Å². The van der Waals surface area contributed by atoms with Gasteiger partial charge in [0.2, 0.25) is 0 Å². The molecule has 210 valence electrons. The normalized spacial score (nSPS) is 23.7. The summed E-state index contributed by atoms with van der Waals surface area (Å²) in [7, 11) is 0. The molecule has 2 fully saturated rings. The predicted molar refractivity (Wildman–Crippen MR) is 160 cm³/mol. The molecule has 1 spiro atoms. The third-order valence-corrected chi connectivity index (χ3v) is 8.72. The Bertz CT molecular complexity index is 1150. The van der Waals surface area contributed by atoms with Crippen molar-refractivity contribution in [3.8, 4) is 0 Å². The van der Waals surface area contributed by atoms with E-state index in [1.807, 2.05) is 42.5 Å². The molecule has 2 aromatic carbocycles. The van der Waals surface area contributed by atoms with Crippen molar-refractivity contribution in [1.29, 1.82) is 0 Å². The summed E-state index contributed by atoms with van der Waals surface area (Å²) in [6.07, 6.45) is 7.51. The van der Waals surface area contributed by atoms with Crippen LogP contribution in [0.2, 0.25) is 0 Å². The van der Waals surface area contributed by atoms with Crippen LogP contribution in [0.3, 0.4) is 0 Å². The molecule has 0 aromatic heterocycles. The Hall–Kier alpha value is -2.95. The zero-order valence-electron chi connectivity index (χ0n) is 24.8. The summed E-state index contributed by atoms with van der Waals surface area (Å²) in [5.41, 5.74) is 2.92. The van der Waals surface area contributed by atoms with Crippen molar-refractivity contribution in [3.05, 3.63) is 71.3 Å². The van der Waals surface area contributed by atoms with Gasteiger partial charge in [-0.3, -0.25) is 14.6 Å². The molecule has 0 radical (unpaired) electrons. The Balaban J connectivity index is 1.68. The van der Waals surface area contributed by atoms with Gasteiger partial charge >= 0.3 is 0 Å². The molecule has 4 rings (SSSR count). The van der Waals surface area contributed by atoms with Crippen LogP contribution in [0.15, 0.2) is 59.6 Å². The minimum absolute atomic E-state index is 0.00986. The lowest BCUT2D eigenvalue weighted by molar-refractivity contribution is -0.133. The van der Waals surface area contributed by atoms with Crippen LogP contribution in [0.1, 0.15) is 108 Å². The monoisotopic (exact) mass is 529 g/mol. The zero-order chi connectivity index (χ0) is 28.3. The van der Waals surface area contributed by atoms with Gasteiger partial charge in [0.15, 0.2) is 5.84 Å². The lowest BCUT2D eigenvalue weighted by atomic mass is 9.69. The zero-order valence-corrected chi connectivity index (χ0v) is 24.8. The summed E-state index contributed by atoms with van der Waals surface area (Å²) in [5.74, 6) is 1.14. The fourth-order valence-electron chi connectivity index (χ4n) is 6.27. The SMILES string of the molecule is CC(C)(C)CCC(c1ccc(C=O)cc1)N1C(=O)C(=NCCc2ccccc2)NC12CCC(C(C)(C)C)CC2. The molecule has 39 heavy (non-hydrogen) atoms. The fourth-order valence-corrected chi connectivity index (χ4v) is 6.27. The van der Waals surface area contributed by atoms with Crippen molar-refractivity contribution in [1.82, 2.24) is 10.2 Å². The van der Waals surface area contributed by atoms with E-state index >= 15 is 0 Å². The number of carbonyl (C=O) groups is 2. The second kappa shape index (κ2) is 11.7. The van der Waals surface area contributed by atoms with E-state index in [0.29, 0.717) is 23.9 Å². The lowest BCUT2D eigenvalue weighted by Crippen LogP contribution is -2.56. The minimum atomic E-state index is -0.434. The van der Waals surface area contributed by atoms with Crippen molar-refractivity contribution in [3.63, 3.8) is 0 Å². The molecule has 5 nitrogen and oxygen atoms in total. The predicted octanol–water partition coefficient (Wildman–Crippen LogP) is 7.37. The van der Waals surface area contributed by atoms with E-state index in [2.05, 4.69) is 63.9 Å². The van der Waals surface area contributed by atoms with Crippen LogP contribution in [-0.4, -0.2) is 35.1 Å². The van der Waals surface area contributed by atoms with E-state index in [0.717, 1.165) is 56.8 Å². The molecular formula is C34H47N3O2. The second-order valence-electron chi connectivity index (χ2n) is 13.8. The van der Waals surface area contributed by atoms with Gasteiger partial charge in [-0.2, -0.15) is 0 Å². The van der Waals surface area contributed by atoms with Gasteiger partial charge in [0.1, 0.15) is 11.9 Å². The molecule has 1 N–H and O–H groups in total. The Morgan fingerprint density at radius 1 is 1.00 bits per heavy atom. The molecule has 1 atom stereocenters. The van der Waals surface area contributed by atoms with Gasteiger partial charge in [0, 0.05) is 12.1 Å². The Kier molecular flexibility index (Phi) is 8.68. The Morgan fingerprint density at radius 2 is 1.64 bits per heavy atom. The van der Waals surface area contributed by atoms with Crippen LogP contribution in [-0.2, 0) is 11.2 Å². The highest BCUT2D eigenvalue weighted by atomic mass is 16.2. The molecule has 2 aromatic rings. The first kappa shape index (κ1) is 29.0. The molecule has 1 aliphatic heterocycles. The Labute approximate surface area is 235 Å². The molecule has 1 heterocycles. The number of amides is 1. The number of carbonyl (C=O) groups excluding carboxylic acids is 2. The number of aliphatic imine (C=N–C) groups is 1. The molecule has 1 saturated heterocycles. The summed E-state index contributed by atoms with van der Waals surface area (Å²) in [6, 6.07) is 18.0. The van der Waals surface area contributed by atoms with E-state index in [-0.39, 0.29) is 22.8 Å². The van der Waals surface area contributed by atoms with Crippen molar-refractivity contribution in [2.24, 2.45) is 21.7 Å². The van der Waals surface area contributed by atoms with Crippen molar-refractivity contribution >= 4 is 18.0 Å². The van der Waals surface area contributed by atoms with Gasteiger partial charge in [-0.15, -0.1) is 0 Å². The number of hydrogen-bond acceptors (Lipinski definition) is 3. The van der Waals surface area contributed by atoms with E-state index in [9.17, 15) is 9.59 Å². The fraction of sp³-hybridized carbons (Fsp3) is 0.559. The molecular weight excluding hydrogens is 482 g/mol. The van der Waals surface area contributed by atoms with Crippen LogP contribution in [0, 0.1) is 16.7 Å². The third-order valence-electron chi connectivity index (χ3n) is 8.72. The number of rotatable bonds is 8. The summed E-state index contributed by atoms with van der Waals surface area (Å²) in [6.45, 7) is 14.3. The minimum Gasteiger partial charge on any atom is -0.343 e. The molecule has 1 saturated carbocycles. The lowest BCUT2D eigenvalue weighted by Gasteiger charge is -2.48. The topological polar surface area (TPSA) is 61.8 Å². The molecule has 1 unspecified atom stereocenters. The number of amidine groups is 1. The van der Waals surface area contributed by atoms with E-state index in [1.54, 1.807) is 0 Å². The van der Waals surface area contributed by atoms with Crippen LogP contribution in [0.4, 0.5) is 0 Å². The highest BCUT2D eigenvalue weighted by Gasteiger charge is 2.53. The quantitative estimate of drug-likeness (QED) is 0.363. The van der Waals surface area contributed by atoms with Crippen LogP contribution < -0.4 is 5.32 Å². The van der Waals surface area contributed by atoms with E-state index < -0.39 is 5.66 Å². The molecule has 2 aliphatic rings. The molecule has 0 bridgehead atoms. The summed E-state index contributed by atoms with van der Waals surface area (Å²) >= 11 is 0. The van der Waals surface area contributed by atoms with Gasteiger partial charge in [0.25, 0.3) is 5.91 Å². The number of benzene rings is 2. The van der Waals surface area contributed by atoms with Gasteiger partial charge in [-0.25, -0.2) is 0 Å². The van der Waals surface area contributed by atoms with Crippen LogP contribution in [0.25, 0.3) is 0 Å².